The number of nitrogens with zero attached hydrogens (tertiary/aromatic N) is 5. The van der Waals surface area contributed by atoms with Crippen molar-refractivity contribution in [2.75, 3.05) is 7.11 Å². The van der Waals surface area contributed by atoms with Crippen molar-refractivity contribution in [2.45, 2.75) is 52.4 Å². The smallest absolute Gasteiger partial charge is 0.252 e. The Morgan fingerprint density at radius 2 is 1.68 bits per heavy atom. The molecule has 8 nitrogen and oxygen atoms in total. The summed E-state index contributed by atoms with van der Waals surface area (Å²) in [6.45, 7) is 5.58. The maximum atomic E-state index is 13.5. The number of fused-ring (bicyclic) bond motifs is 1. The molecule has 3 aromatic carbocycles. The Morgan fingerprint density at radius 3 is 2.38 bits per heavy atom. The molecule has 40 heavy (non-hydrogen) atoms. The van der Waals surface area contributed by atoms with E-state index in [1.54, 1.807) is 23.9 Å². The maximum Gasteiger partial charge on any atom is 0.252 e. The summed E-state index contributed by atoms with van der Waals surface area (Å²) in [4.78, 5) is 18.5. The summed E-state index contributed by atoms with van der Waals surface area (Å²) < 4.78 is 20.6. The van der Waals surface area contributed by atoms with E-state index < -0.39 is 0 Å². The third kappa shape index (κ3) is 6.10. The van der Waals surface area contributed by atoms with E-state index in [0.29, 0.717) is 37.4 Å². The molecule has 9 heteroatoms. The average Bonchev–Trinajstić information content (AvgIpc) is 3.42. The van der Waals surface area contributed by atoms with E-state index in [0.717, 1.165) is 34.2 Å². The number of aromatic nitrogens is 5. The van der Waals surface area contributed by atoms with E-state index in [1.165, 1.54) is 17.7 Å². The Balaban J connectivity index is 1.51. The molecule has 0 aliphatic carbocycles. The quantitative estimate of drug-likeness (QED) is 0.240. The van der Waals surface area contributed by atoms with Crippen LogP contribution in [0.4, 0.5) is 4.39 Å². The average molecular weight is 541 g/mol. The van der Waals surface area contributed by atoms with Crippen LogP contribution in [-0.4, -0.2) is 37.2 Å². The summed E-state index contributed by atoms with van der Waals surface area (Å²) in [5, 5.41) is 13.6. The Labute approximate surface area is 232 Å². The zero-order valence-electron chi connectivity index (χ0n) is 23.0. The predicted octanol–water partition coefficient (Wildman–Crippen LogP) is 5.43. The standard InChI is InChI=1S/C31H33FN6O2/c1-4-21-10-15-28-24(16-21)17-25(31(39)33-28)20-37(18-22-8-13-27(40-3)14-9-22)29(5-2)30-34-35-36-38(30)19-23-6-11-26(32)12-7-23/h6-17,29H,4-5,18-20H2,1-3H3,(H,33,39)/t29-/m1/s1. The van der Waals surface area contributed by atoms with Crippen molar-refractivity contribution in [1.82, 2.24) is 30.1 Å². The van der Waals surface area contributed by atoms with Gasteiger partial charge < -0.3 is 9.72 Å². The van der Waals surface area contributed by atoms with Gasteiger partial charge in [0.2, 0.25) is 0 Å². The largest absolute Gasteiger partial charge is 0.497 e. The lowest BCUT2D eigenvalue weighted by molar-refractivity contribution is 0.161. The second kappa shape index (κ2) is 12.2. The highest BCUT2D eigenvalue weighted by atomic mass is 19.1. The molecule has 0 saturated heterocycles. The molecule has 0 radical (unpaired) electrons. The van der Waals surface area contributed by atoms with Crippen LogP contribution in [0.2, 0.25) is 0 Å². The highest BCUT2D eigenvalue weighted by Crippen LogP contribution is 2.27. The van der Waals surface area contributed by atoms with E-state index in [2.05, 4.69) is 45.3 Å². The van der Waals surface area contributed by atoms with Crippen molar-refractivity contribution in [1.29, 1.82) is 0 Å². The second-order valence-electron chi connectivity index (χ2n) is 9.90. The topological polar surface area (TPSA) is 88.9 Å². The number of hydrogen-bond acceptors (Lipinski definition) is 6. The molecule has 0 fully saturated rings. The van der Waals surface area contributed by atoms with Gasteiger partial charge in [0, 0.05) is 24.2 Å². The van der Waals surface area contributed by atoms with Crippen LogP contribution in [0, 0.1) is 5.82 Å². The molecule has 0 aliphatic heterocycles. The normalized spacial score (nSPS) is 12.2. The third-order valence-electron chi connectivity index (χ3n) is 7.24. The minimum atomic E-state index is -0.288. The molecule has 0 bridgehead atoms. The van der Waals surface area contributed by atoms with Crippen molar-refractivity contribution >= 4 is 10.9 Å². The molecule has 2 aromatic heterocycles. The second-order valence-corrected chi connectivity index (χ2v) is 9.90. The van der Waals surface area contributed by atoms with Gasteiger partial charge in [0.1, 0.15) is 11.6 Å². The Hall–Kier alpha value is -4.37. The van der Waals surface area contributed by atoms with Crippen LogP contribution >= 0.6 is 0 Å². The van der Waals surface area contributed by atoms with Crippen LogP contribution in [0.1, 0.15) is 54.4 Å². The van der Waals surface area contributed by atoms with Gasteiger partial charge in [0.05, 0.1) is 19.7 Å². The highest BCUT2D eigenvalue weighted by molar-refractivity contribution is 5.79. The summed E-state index contributed by atoms with van der Waals surface area (Å²) >= 11 is 0. The van der Waals surface area contributed by atoms with Crippen molar-refractivity contribution in [3.63, 3.8) is 0 Å². The van der Waals surface area contributed by atoms with Crippen LogP contribution in [0.3, 0.4) is 0 Å². The maximum absolute atomic E-state index is 13.5. The monoisotopic (exact) mass is 540 g/mol. The van der Waals surface area contributed by atoms with Gasteiger partial charge in [-0.3, -0.25) is 9.69 Å². The number of hydrogen-bond donors (Lipinski definition) is 1. The summed E-state index contributed by atoms with van der Waals surface area (Å²) in [7, 11) is 1.64. The molecule has 1 atom stereocenters. The first-order chi connectivity index (χ1) is 19.5. The van der Waals surface area contributed by atoms with E-state index in [9.17, 15) is 9.18 Å². The lowest BCUT2D eigenvalue weighted by Crippen LogP contribution is -2.32. The molecule has 0 saturated carbocycles. The predicted molar refractivity (Wildman–Crippen MR) is 153 cm³/mol. The Bertz CT molecular complexity index is 1630. The number of aromatic amines is 1. The number of benzene rings is 3. The lowest BCUT2D eigenvalue weighted by atomic mass is 10.1. The molecule has 206 valence electrons. The number of tetrazole rings is 1. The number of ether oxygens (including phenoxy) is 1. The van der Waals surface area contributed by atoms with E-state index in [4.69, 9.17) is 4.74 Å². The van der Waals surface area contributed by atoms with Crippen LogP contribution in [0.15, 0.2) is 77.6 Å². The molecule has 0 amide bonds. The van der Waals surface area contributed by atoms with Gasteiger partial charge in [0.15, 0.2) is 5.82 Å². The first kappa shape index (κ1) is 27.2. The fourth-order valence-electron chi connectivity index (χ4n) is 5.03. The number of halogens is 1. The number of nitrogens with one attached hydrogen (secondary N) is 1. The van der Waals surface area contributed by atoms with Crippen LogP contribution in [-0.2, 0) is 26.1 Å². The number of H-pyrrole nitrogens is 1. The fourth-order valence-corrected chi connectivity index (χ4v) is 5.03. The van der Waals surface area contributed by atoms with Crippen molar-refractivity contribution in [3.8, 4) is 5.75 Å². The third-order valence-corrected chi connectivity index (χ3v) is 7.24. The molecule has 5 rings (SSSR count). The lowest BCUT2D eigenvalue weighted by Gasteiger charge is -2.30. The molecule has 1 N–H and O–H groups in total. The Morgan fingerprint density at radius 1 is 0.950 bits per heavy atom. The van der Waals surface area contributed by atoms with Gasteiger partial charge >= 0.3 is 0 Å². The van der Waals surface area contributed by atoms with Crippen molar-refractivity contribution in [2.24, 2.45) is 0 Å². The summed E-state index contributed by atoms with van der Waals surface area (Å²) in [5.41, 5.74) is 4.56. The van der Waals surface area contributed by atoms with Gasteiger partial charge in [-0.15, -0.1) is 5.10 Å². The van der Waals surface area contributed by atoms with Crippen LogP contribution in [0.5, 0.6) is 5.75 Å². The van der Waals surface area contributed by atoms with Crippen molar-refractivity contribution in [3.05, 3.63) is 117 Å². The fraction of sp³-hybridized carbons (Fsp3) is 0.290. The van der Waals surface area contributed by atoms with E-state index in [1.807, 2.05) is 42.5 Å². The summed E-state index contributed by atoms with van der Waals surface area (Å²) in [6, 6.07) is 22.2. The first-order valence-corrected chi connectivity index (χ1v) is 13.5. The molecule has 5 aromatic rings. The van der Waals surface area contributed by atoms with Crippen LogP contribution < -0.4 is 10.3 Å². The summed E-state index contributed by atoms with van der Waals surface area (Å²) in [5.74, 6) is 1.18. The van der Waals surface area contributed by atoms with Crippen molar-refractivity contribution < 1.29 is 9.13 Å². The van der Waals surface area contributed by atoms with Gasteiger partial charge in [-0.1, -0.05) is 44.2 Å². The number of pyridine rings is 1. The van der Waals surface area contributed by atoms with E-state index in [-0.39, 0.29) is 17.4 Å². The number of aryl methyl sites for hydroxylation is 1. The van der Waals surface area contributed by atoms with Gasteiger partial charge in [0.25, 0.3) is 5.56 Å². The zero-order chi connectivity index (χ0) is 28.1. The molecular weight excluding hydrogens is 507 g/mol. The SMILES string of the molecule is CCc1ccc2[nH]c(=O)c(CN(Cc3ccc(OC)cc3)[C@H](CC)c3nnnn3Cc3ccc(F)cc3)cc2c1. The van der Waals surface area contributed by atoms with Crippen LogP contribution in [0.25, 0.3) is 10.9 Å². The molecule has 0 unspecified atom stereocenters. The summed E-state index contributed by atoms with van der Waals surface area (Å²) in [6.07, 6.45) is 1.63. The molecule has 0 aliphatic rings. The number of rotatable bonds is 11. The number of methoxy groups -OCH3 is 1. The molecular formula is C31H33FN6O2. The minimum absolute atomic E-state index is 0.114. The highest BCUT2D eigenvalue weighted by Gasteiger charge is 2.26. The first-order valence-electron chi connectivity index (χ1n) is 13.5. The van der Waals surface area contributed by atoms with Gasteiger partial charge in [-0.25, -0.2) is 9.07 Å². The minimum Gasteiger partial charge on any atom is -0.497 e. The van der Waals surface area contributed by atoms with Gasteiger partial charge in [-0.05, 0) is 87.8 Å². The van der Waals surface area contributed by atoms with E-state index >= 15 is 0 Å². The van der Waals surface area contributed by atoms with Gasteiger partial charge in [-0.2, -0.15) is 0 Å². The molecule has 0 spiro atoms. The Kier molecular flexibility index (Phi) is 8.31. The zero-order valence-corrected chi connectivity index (χ0v) is 23.0. The molecule has 2 heterocycles.